The van der Waals surface area contributed by atoms with Gasteiger partial charge >= 0.3 is 6.36 Å². The molecule has 1 heterocycles. The third-order valence-corrected chi connectivity index (χ3v) is 3.74. The second-order valence-electron chi connectivity index (χ2n) is 5.93. The zero-order valence-corrected chi connectivity index (χ0v) is 14.6. The molecule has 0 aliphatic heterocycles. The highest BCUT2D eigenvalue weighted by Crippen LogP contribution is 2.24. The number of para-hydroxylation sites is 1. The molecule has 1 N–H and O–H groups in total. The number of benzene rings is 2. The molecular formula is C19H15F3N2O4. The Labute approximate surface area is 157 Å². The van der Waals surface area contributed by atoms with E-state index in [-0.39, 0.29) is 18.0 Å². The molecule has 9 heteroatoms. The summed E-state index contributed by atoms with van der Waals surface area (Å²) in [4.78, 5) is 25.7. The highest BCUT2D eigenvalue weighted by atomic mass is 19.4. The van der Waals surface area contributed by atoms with Crippen LogP contribution in [-0.2, 0) is 4.79 Å². The van der Waals surface area contributed by atoms with E-state index < -0.39 is 23.9 Å². The summed E-state index contributed by atoms with van der Waals surface area (Å²) in [6.07, 6.45) is -4.79. The Kier molecular flexibility index (Phi) is 5.25. The zero-order valence-electron chi connectivity index (χ0n) is 14.6. The average molecular weight is 392 g/mol. The molecule has 0 saturated carbocycles. The molecule has 0 fully saturated rings. The summed E-state index contributed by atoms with van der Waals surface area (Å²) >= 11 is 0. The standard InChI is InChI=1S/C19H15F3N2O4/c1-24(18(26)16-10-12-4-2-3-5-15(12)27-16)11-17(25)23-13-6-8-14(9-7-13)28-19(20,21)22/h2-10H,11H2,1H3,(H,23,25). The molecule has 6 nitrogen and oxygen atoms in total. The predicted molar refractivity (Wildman–Crippen MR) is 94.9 cm³/mol. The number of rotatable bonds is 5. The average Bonchev–Trinajstić information content (AvgIpc) is 3.05. The minimum absolute atomic E-state index is 0.102. The lowest BCUT2D eigenvalue weighted by molar-refractivity contribution is -0.274. The summed E-state index contributed by atoms with van der Waals surface area (Å²) in [7, 11) is 1.44. The monoisotopic (exact) mass is 392 g/mol. The number of nitrogens with zero attached hydrogens (tertiary/aromatic N) is 1. The molecule has 2 aromatic carbocycles. The number of likely N-dealkylation sites (N-methyl/N-ethyl adjacent to an activating group) is 1. The lowest BCUT2D eigenvalue weighted by atomic mass is 10.2. The Morgan fingerprint density at radius 1 is 1.11 bits per heavy atom. The summed E-state index contributed by atoms with van der Waals surface area (Å²) in [6, 6.07) is 13.4. The first-order valence-electron chi connectivity index (χ1n) is 8.11. The van der Waals surface area contributed by atoms with Gasteiger partial charge in [-0.25, -0.2) is 0 Å². The maximum atomic E-state index is 12.4. The molecule has 1 aromatic heterocycles. The van der Waals surface area contributed by atoms with Gasteiger partial charge in [0.25, 0.3) is 5.91 Å². The van der Waals surface area contributed by atoms with Gasteiger partial charge < -0.3 is 19.4 Å². The molecule has 28 heavy (non-hydrogen) atoms. The molecular weight excluding hydrogens is 377 g/mol. The van der Waals surface area contributed by atoms with Gasteiger partial charge in [0.15, 0.2) is 5.76 Å². The molecule has 2 amide bonds. The Hall–Kier alpha value is -3.49. The van der Waals surface area contributed by atoms with Crippen molar-refractivity contribution in [3.63, 3.8) is 0 Å². The number of hydrogen-bond acceptors (Lipinski definition) is 4. The molecule has 0 spiro atoms. The lowest BCUT2D eigenvalue weighted by Crippen LogP contribution is -2.34. The van der Waals surface area contributed by atoms with E-state index in [1.54, 1.807) is 24.3 Å². The highest BCUT2D eigenvalue weighted by Gasteiger charge is 2.31. The van der Waals surface area contributed by atoms with Crippen molar-refractivity contribution in [1.82, 2.24) is 4.90 Å². The van der Waals surface area contributed by atoms with Gasteiger partial charge in [0.05, 0.1) is 6.54 Å². The highest BCUT2D eigenvalue weighted by molar-refractivity contribution is 5.99. The maximum Gasteiger partial charge on any atom is 0.573 e. The van der Waals surface area contributed by atoms with E-state index in [2.05, 4.69) is 10.1 Å². The van der Waals surface area contributed by atoms with Crippen LogP contribution in [0.4, 0.5) is 18.9 Å². The van der Waals surface area contributed by atoms with E-state index >= 15 is 0 Å². The van der Waals surface area contributed by atoms with Crippen LogP contribution in [0.15, 0.2) is 59.0 Å². The number of amides is 2. The van der Waals surface area contributed by atoms with Crippen LogP contribution in [0.2, 0.25) is 0 Å². The van der Waals surface area contributed by atoms with Crippen LogP contribution in [0.25, 0.3) is 11.0 Å². The minimum Gasteiger partial charge on any atom is -0.451 e. The van der Waals surface area contributed by atoms with Gasteiger partial charge in [-0.1, -0.05) is 18.2 Å². The SMILES string of the molecule is CN(CC(=O)Nc1ccc(OC(F)(F)F)cc1)C(=O)c1cc2ccccc2o1. The summed E-state index contributed by atoms with van der Waals surface area (Å²) in [5, 5.41) is 3.26. The second-order valence-corrected chi connectivity index (χ2v) is 5.93. The topological polar surface area (TPSA) is 71.8 Å². The van der Waals surface area contributed by atoms with Crippen molar-refractivity contribution in [2.75, 3.05) is 18.9 Å². The minimum atomic E-state index is -4.79. The molecule has 0 unspecified atom stereocenters. The molecule has 0 aliphatic carbocycles. The van der Waals surface area contributed by atoms with Crippen molar-refractivity contribution in [1.29, 1.82) is 0 Å². The van der Waals surface area contributed by atoms with Crippen molar-refractivity contribution < 1.29 is 31.9 Å². The zero-order chi connectivity index (χ0) is 20.3. The van der Waals surface area contributed by atoms with E-state index in [1.807, 2.05) is 6.07 Å². The van der Waals surface area contributed by atoms with Crippen LogP contribution in [0.5, 0.6) is 5.75 Å². The summed E-state index contributed by atoms with van der Waals surface area (Å²) < 4.78 is 45.7. The van der Waals surface area contributed by atoms with E-state index in [0.29, 0.717) is 5.58 Å². The van der Waals surface area contributed by atoms with E-state index in [1.165, 1.54) is 24.1 Å². The first kappa shape index (κ1) is 19.3. The van der Waals surface area contributed by atoms with E-state index in [9.17, 15) is 22.8 Å². The Balaban J connectivity index is 1.58. The first-order chi connectivity index (χ1) is 13.2. The number of carbonyl (C=O) groups is 2. The number of hydrogen-bond donors (Lipinski definition) is 1. The van der Waals surface area contributed by atoms with Crippen LogP contribution in [-0.4, -0.2) is 36.7 Å². The summed E-state index contributed by atoms with van der Waals surface area (Å²) in [6.45, 7) is -0.267. The fraction of sp³-hybridized carbons (Fsp3) is 0.158. The fourth-order valence-electron chi connectivity index (χ4n) is 2.50. The van der Waals surface area contributed by atoms with Gasteiger partial charge in [-0.3, -0.25) is 9.59 Å². The largest absolute Gasteiger partial charge is 0.573 e. The van der Waals surface area contributed by atoms with Crippen molar-refractivity contribution in [3.05, 3.63) is 60.4 Å². The molecule has 0 radical (unpaired) electrons. The predicted octanol–water partition coefficient (Wildman–Crippen LogP) is 4.04. The number of halogens is 3. The summed E-state index contributed by atoms with van der Waals surface area (Å²) in [5.41, 5.74) is 0.828. The van der Waals surface area contributed by atoms with Gasteiger partial charge in [0, 0.05) is 18.1 Å². The molecule has 3 aromatic rings. The van der Waals surface area contributed by atoms with Crippen LogP contribution in [0.3, 0.4) is 0 Å². The molecule has 0 aliphatic rings. The van der Waals surface area contributed by atoms with Crippen molar-refractivity contribution in [2.24, 2.45) is 0 Å². The number of carbonyl (C=O) groups excluding carboxylic acids is 2. The van der Waals surface area contributed by atoms with Crippen LogP contribution in [0.1, 0.15) is 10.6 Å². The molecule has 0 saturated heterocycles. The Morgan fingerprint density at radius 2 is 1.79 bits per heavy atom. The van der Waals surface area contributed by atoms with Gasteiger partial charge in [0.2, 0.25) is 5.91 Å². The second kappa shape index (κ2) is 7.63. The Bertz CT molecular complexity index is 963. The van der Waals surface area contributed by atoms with Crippen LogP contribution in [0, 0.1) is 0 Å². The number of ether oxygens (including phenoxy) is 1. The van der Waals surface area contributed by atoms with Crippen molar-refractivity contribution >= 4 is 28.5 Å². The fourth-order valence-corrected chi connectivity index (χ4v) is 2.50. The molecule has 0 bridgehead atoms. The number of fused-ring (bicyclic) bond motifs is 1. The molecule has 3 rings (SSSR count). The van der Waals surface area contributed by atoms with Gasteiger partial charge in [-0.2, -0.15) is 0 Å². The van der Waals surface area contributed by atoms with E-state index in [4.69, 9.17) is 4.42 Å². The summed E-state index contributed by atoms with van der Waals surface area (Å²) in [5.74, 6) is -1.29. The van der Waals surface area contributed by atoms with Crippen LogP contribution < -0.4 is 10.1 Å². The third kappa shape index (κ3) is 4.81. The normalized spacial score (nSPS) is 11.3. The smallest absolute Gasteiger partial charge is 0.451 e. The first-order valence-corrected chi connectivity index (χ1v) is 8.11. The van der Waals surface area contributed by atoms with E-state index in [0.717, 1.165) is 17.5 Å². The molecule has 146 valence electrons. The Morgan fingerprint density at radius 3 is 2.43 bits per heavy atom. The third-order valence-electron chi connectivity index (χ3n) is 3.74. The number of nitrogens with one attached hydrogen (secondary N) is 1. The lowest BCUT2D eigenvalue weighted by Gasteiger charge is -2.15. The van der Waals surface area contributed by atoms with Crippen molar-refractivity contribution in [3.8, 4) is 5.75 Å². The van der Waals surface area contributed by atoms with Crippen LogP contribution >= 0.6 is 0 Å². The number of alkyl halides is 3. The quantitative estimate of drug-likeness (QED) is 0.711. The van der Waals surface area contributed by atoms with Gasteiger partial charge in [0.1, 0.15) is 11.3 Å². The maximum absolute atomic E-state index is 12.4. The van der Waals surface area contributed by atoms with Gasteiger partial charge in [-0.05, 0) is 36.4 Å². The molecule has 0 atom stereocenters. The van der Waals surface area contributed by atoms with Gasteiger partial charge in [-0.15, -0.1) is 13.2 Å². The van der Waals surface area contributed by atoms with Crippen molar-refractivity contribution in [2.45, 2.75) is 6.36 Å². The number of anilines is 1. The number of furan rings is 1.